The Morgan fingerprint density at radius 1 is 1.32 bits per heavy atom. The van der Waals surface area contributed by atoms with E-state index in [1.54, 1.807) is 0 Å². The van der Waals surface area contributed by atoms with Gasteiger partial charge in [-0.25, -0.2) is 0 Å². The van der Waals surface area contributed by atoms with Crippen LogP contribution in [0.3, 0.4) is 0 Å². The fourth-order valence-electron chi connectivity index (χ4n) is 2.43. The molecule has 0 bridgehead atoms. The molecule has 0 aromatic carbocycles. The first-order chi connectivity index (χ1) is 9.03. The first kappa shape index (κ1) is 14.1. The van der Waals surface area contributed by atoms with Gasteiger partial charge in [0.2, 0.25) is 0 Å². The van der Waals surface area contributed by atoms with Crippen LogP contribution in [0.2, 0.25) is 0 Å². The van der Waals surface area contributed by atoms with E-state index in [1.165, 1.54) is 5.69 Å². The van der Waals surface area contributed by atoms with Gasteiger partial charge in [0.05, 0.1) is 23.8 Å². The van der Waals surface area contributed by atoms with Gasteiger partial charge < -0.3 is 10.2 Å². The van der Waals surface area contributed by atoms with Crippen LogP contribution < -0.4 is 10.2 Å². The number of nitrogens with one attached hydrogen (secondary N) is 1. The lowest BCUT2D eigenvalue weighted by atomic mass is 9.99. The van der Waals surface area contributed by atoms with Gasteiger partial charge in [-0.05, 0) is 33.4 Å². The summed E-state index contributed by atoms with van der Waals surface area (Å²) in [7, 11) is 2.20. The zero-order valence-electron chi connectivity index (χ0n) is 12.6. The van der Waals surface area contributed by atoms with Crippen molar-refractivity contribution in [2.24, 2.45) is 0 Å². The third-order valence-corrected chi connectivity index (χ3v) is 3.98. The lowest BCUT2D eigenvalue weighted by Crippen LogP contribution is -2.57. The molecule has 0 saturated carbocycles. The lowest BCUT2D eigenvalue weighted by molar-refractivity contribution is 0.139. The number of nitrogens with zero attached hydrogens (tertiary/aromatic N) is 3. The highest BCUT2D eigenvalue weighted by atomic mass is 15.3. The van der Waals surface area contributed by atoms with Gasteiger partial charge in [-0.1, -0.05) is 6.92 Å². The van der Waals surface area contributed by atoms with E-state index < -0.39 is 0 Å². The predicted molar refractivity (Wildman–Crippen MR) is 81.9 cm³/mol. The summed E-state index contributed by atoms with van der Waals surface area (Å²) in [6, 6.07) is 2.21. The van der Waals surface area contributed by atoms with E-state index in [2.05, 4.69) is 54.0 Å². The average Bonchev–Trinajstić information content (AvgIpc) is 2.40. The SMILES string of the molecule is CCCNc1cncc(N2CCN(C)C(C)(C)C2)c1. The second-order valence-corrected chi connectivity index (χ2v) is 6.01. The van der Waals surface area contributed by atoms with Crippen LogP contribution in [0.25, 0.3) is 0 Å². The van der Waals surface area contributed by atoms with Crippen molar-refractivity contribution in [3.63, 3.8) is 0 Å². The molecule has 1 fully saturated rings. The summed E-state index contributed by atoms with van der Waals surface area (Å²) in [4.78, 5) is 9.22. The van der Waals surface area contributed by atoms with Crippen molar-refractivity contribution in [3.05, 3.63) is 18.5 Å². The first-order valence-corrected chi connectivity index (χ1v) is 7.18. The second kappa shape index (κ2) is 5.78. The van der Waals surface area contributed by atoms with E-state index in [-0.39, 0.29) is 5.54 Å². The predicted octanol–water partition coefficient (Wildman–Crippen LogP) is 2.43. The molecule has 106 valence electrons. The Kier molecular flexibility index (Phi) is 4.30. The fraction of sp³-hybridized carbons (Fsp3) is 0.667. The Morgan fingerprint density at radius 2 is 2.11 bits per heavy atom. The minimum Gasteiger partial charge on any atom is -0.384 e. The third-order valence-electron chi connectivity index (χ3n) is 3.98. The van der Waals surface area contributed by atoms with Gasteiger partial charge in [-0.3, -0.25) is 9.88 Å². The molecule has 1 aliphatic heterocycles. The largest absolute Gasteiger partial charge is 0.384 e. The maximum absolute atomic E-state index is 4.36. The van der Waals surface area contributed by atoms with Crippen LogP contribution in [0.5, 0.6) is 0 Å². The van der Waals surface area contributed by atoms with Crippen molar-refractivity contribution < 1.29 is 0 Å². The van der Waals surface area contributed by atoms with Gasteiger partial charge >= 0.3 is 0 Å². The molecule has 4 nitrogen and oxygen atoms in total. The molecule has 0 atom stereocenters. The van der Waals surface area contributed by atoms with E-state index in [0.29, 0.717) is 0 Å². The zero-order valence-corrected chi connectivity index (χ0v) is 12.6. The van der Waals surface area contributed by atoms with Crippen LogP contribution >= 0.6 is 0 Å². The van der Waals surface area contributed by atoms with Crippen molar-refractivity contribution in [1.82, 2.24) is 9.88 Å². The average molecular weight is 262 g/mol. The molecule has 0 aliphatic carbocycles. The zero-order chi connectivity index (χ0) is 13.9. The number of likely N-dealkylation sites (N-methyl/N-ethyl adjacent to an activating group) is 1. The molecule has 1 saturated heterocycles. The smallest absolute Gasteiger partial charge is 0.0574 e. The van der Waals surface area contributed by atoms with Gasteiger partial charge in [-0.15, -0.1) is 0 Å². The van der Waals surface area contributed by atoms with Crippen LogP contribution in [0.1, 0.15) is 27.2 Å². The van der Waals surface area contributed by atoms with E-state index in [4.69, 9.17) is 0 Å². The monoisotopic (exact) mass is 262 g/mol. The van der Waals surface area contributed by atoms with E-state index in [9.17, 15) is 0 Å². The van der Waals surface area contributed by atoms with Crippen molar-refractivity contribution in [1.29, 1.82) is 0 Å². The quantitative estimate of drug-likeness (QED) is 0.903. The summed E-state index contributed by atoms with van der Waals surface area (Å²) in [5.74, 6) is 0. The topological polar surface area (TPSA) is 31.4 Å². The molecule has 0 amide bonds. The summed E-state index contributed by atoms with van der Waals surface area (Å²) in [5.41, 5.74) is 2.56. The van der Waals surface area contributed by atoms with Crippen molar-refractivity contribution >= 4 is 11.4 Å². The normalized spacial score (nSPS) is 19.5. The number of rotatable bonds is 4. The third kappa shape index (κ3) is 3.38. The Bertz CT molecular complexity index is 416. The highest BCUT2D eigenvalue weighted by Gasteiger charge is 2.31. The number of pyridine rings is 1. The van der Waals surface area contributed by atoms with Gasteiger partial charge in [0, 0.05) is 31.7 Å². The van der Waals surface area contributed by atoms with Gasteiger partial charge in [0.15, 0.2) is 0 Å². The molecule has 0 radical (unpaired) electrons. The molecule has 0 spiro atoms. The number of hydrogen-bond acceptors (Lipinski definition) is 4. The molecule has 2 heterocycles. The first-order valence-electron chi connectivity index (χ1n) is 7.18. The molecule has 2 rings (SSSR count). The number of aromatic nitrogens is 1. The molecular formula is C15H26N4. The van der Waals surface area contributed by atoms with Crippen LogP contribution in [0, 0.1) is 0 Å². The molecule has 4 heteroatoms. The standard InChI is InChI=1S/C15H26N4/c1-5-6-17-13-9-14(11-16-10-13)19-8-7-18(4)15(2,3)12-19/h9-11,17H,5-8,12H2,1-4H3. The number of anilines is 2. The van der Waals surface area contributed by atoms with Crippen molar-refractivity contribution in [2.75, 3.05) is 43.4 Å². The van der Waals surface area contributed by atoms with E-state index >= 15 is 0 Å². The van der Waals surface area contributed by atoms with E-state index in [1.807, 2.05) is 12.4 Å². The highest BCUT2D eigenvalue weighted by Crippen LogP contribution is 2.25. The summed E-state index contributed by atoms with van der Waals surface area (Å²) in [6.45, 7) is 11.0. The van der Waals surface area contributed by atoms with Gasteiger partial charge in [0.1, 0.15) is 0 Å². The highest BCUT2D eigenvalue weighted by molar-refractivity contribution is 5.56. The second-order valence-electron chi connectivity index (χ2n) is 6.01. The van der Waals surface area contributed by atoms with Crippen molar-refractivity contribution in [3.8, 4) is 0 Å². The van der Waals surface area contributed by atoms with E-state index in [0.717, 1.165) is 38.3 Å². The Balaban J connectivity index is 2.09. The minimum absolute atomic E-state index is 0.213. The number of piperazine rings is 1. The summed E-state index contributed by atoms with van der Waals surface area (Å²) in [5, 5.41) is 3.40. The van der Waals surface area contributed by atoms with Gasteiger partial charge in [-0.2, -0.15) is 0 Å². The van der Waals surface area contributed by atoms with Crippen LogP contribution in [-0.2, 0) is 0 Å². The maximum atomic E-state index is 4.36. The van der Waals surface area contributed by atoms with Crippen LogP contribution in [0.15, 0.2) is 18.5 Å². The molecule has 19 heavy (non-hydrogen) atoms. The summed E-state index contributed by atoms with van der Waals surface area (Å²) < 4.78 is 0. The fourth-order valence-corrected chi connectivity index (χ4v) is 2.43. The Morgan fingerprint density at radius 3 is 2.79 bits per heavy atom. The molecular weight excluding hydrogens is 236 g/mol. The van der Waals surface area contributed by atoms with Crippen molar-refractivity contribution in [2.45, 2.75) is 32.7 Å². The van der Waals surface area contributed by atoms with Gasteiger partial charge in [0.25, 0.3) is 0 Å². The van der Waals surface area contributed by atoms with Crippen LogP contribution in [0.4, 0.5) is 11.4 Å². The molecule has 1 aromatic rings. The maximum Gasteiger partial charge on any atom is 0.0574 e. The molecule has 0 unspecified atom stereocenters. The number of hydrogen-bond donors (Lipinski definition) is 1. The Hall–Kier alpha value is -1.29. The van der Waals surface area contributed by atoms with Crippen LogP contribution in [-0.4, -0.2) is 48.6 Å². The molecule has 1 N–H and O–H groups in total. The molecule has 1 aromatic heterocycles. The lowest BCUT2D eigenvalue weighted by Gasteiger charge is -2.46. The summed E-state index contributed by atoms with van der Waals surface area (Å²) >= 11 is 0. The minimum atomic E-state index is 0.213. The Labute approximate surface area is 116 Å². The molecule has 1 aliphatic rings. The summed E-state index contributed by atoms with van der Waals surface area (Å²) in [6.07, 6.45) is 5.00.